The first-order chi connectivity index (χ1) is 23.3. The summed E-state index contributed by atoms with van der Waals surface area (Å²) in [6, 6.07) is -0.973. The largest absolute Gasteiger partial charge is 0.483 e. The number of carbonyl (C=O) groups is 1. The maximum Gasteiger partial charge on any atom is 0.483 e. The van der Waals surface area contributed by atoms with Crippen molar-refractivity contribution in [2.75, 3.05) is 19.8 Å². The maximum atomic E-state index is 12.9. The van der Waals surface area contributed by atoms with E-state index in [-0.39, 0.29) is 0 Å². The fraction of sp³-hybridized carbons (Fsp3) is 0.783. The zero-order chi connectivity index (χ0) is 37.3. The molecule has 4 rings (SSSR count). The van der Waals surface area contributed by atoms with Gasteiger partial charge in [-0.25, -0.2) is 13.9 Å². The van der Waals surface area contributed by atoms with Gasteiger partial charge in [-0.15, -0.1) is 0 Å². The molecule has 0 aromatic carbocycles. The first-order valence-corrected chi connectivity index (χ1v) is 17.5. The number of nitrogens with zero attached hydrogens (tertiary/aromatic N) is 1. The van der Waals surface area contributed by atoms with Crippen molar-refractivity contribution in [1.29, 1.82) is 0 Å². The zero-order valence-corrected chi connectivity index (χ0v) is 27.4. The lowest BCUT2D eigenvalue weighted by Crippen LogP contribution is -2.68. The van der Waals surface area contributed by atoms with Gasteiger partial charge in [0.15, 0.2) is 18.8 Å². The average molecular weight is 769 g/mol. The van der Waals surface area contributed by atoms with Crippen molar-refractivity contribution in [3.8, 4) is 0 Å². The molecule has 16 atom stereocenters. The van der Waals surface area contributed by atoms with Crippen molar-refractivity contribution in [3.63, 3.8) is 0 Å². The van der Waals surface area contributed by atoms with E-state index in [1.54, 1.807) is 0 Å². The van der Waals surface area contributed by atoms with E-state index in [0.717, 1.165) is 19.2 Å². The molecule has 0 saturated carbocycles. The molecular formula is C23H37N3O22P2. The highest BCUT2D eigenvalue weighted by molar-refractivity contribution is 7.61. The maximum absolute atomic E-state index is 12.9. The SMILES string of the molecule is CC(=O)NC1C(OP(=O)(O)OP(=O)(O)OC[C@H]2O[C@@H](n3ccc(=O)[nH]c3=O)[C@H](O)[C@@H]2O)OC(CO)C(O)C1OC1OC(CO)C(O)C(O)C1O. The Bertz CT molecular complexity index is 1540. The fourth-order valence-corrected chi connectivity index (χ4v) is 7.40. The van der Waals surface area contributed by atoms with Gasteiger partial charge in [0.05, 0.1) is 19.8 Å². The van der Waals surface area contributed by atoms with Crippen LogP contribution in [0.4, 0.5) is 0 Å². The van der Waals surface area contributed by atoms with Gasteiger partial charge in [-0.2, -0.15) is 4.31 Å². The minimum atomic E-state index is -5.85. The molecule has 12 N–H and O–H groups in total. The number of aliphatic hydroxyl groups excluding tert-OH is 8. The van der Waals surface area contributed by atoms with Crippen LogP contribution < -0.4 is 16.6 Å². The molecule has 12 unspecified atom stereocenters. The van der Waals surface area contributed by atoms with Crippen LogP contribution in [-0.2, 0) is 46.2 Å². The molecule has 25 nitrogen and oxygen atoms in total. The number of ether oxygens (including phenoxy) is 4. The molecule has 286 valence electrons. The molecule has 4 heterocycles. The molecule has 1 aromatic heterocycles. The molecule has 0 aliphatic carbocycles. The minimum absolute atomic E-state index is 0.695. The lowest BCUT2D eigenvalue weighted by atomic mass is 9.95. The van der Waals surface area contributed by atoms with E-state index < -0.39 is 139 Å². The molecular weight excluding hydrogens is 732 g/mol. The minimum Gasteiger partial charge on any atom is -0.394 e. The molecule has 3 fully saturated rings. The highest BCUT2D eigenvalue weighted by Gasteiger charge is 2.54. The third-order valence-electron chi connectivity index (χ3n) is 7.67. The van der Waals surface area contributed by atoms with Gasteiger partial charge in [-0.3, -0.25) is 28.2 Å². The third kappa shape index (κ3) is 9.28. The standard InChI is InChI=1S/C23H37N3O22P2/c1-7(29)24-12-19(46-22-18(36)16(34)13(31)8(4-27)45-22)15(33)9(5-28)44-21(12)47-50(40,41)48-49(38,39)42-6-10-14(32)17(35)20(43-10)26-3-2-11(30)25-23(26)37/h2-3,8-10,12-22,27-28,31-36H,4-6H2,1H3,(H,24,29)(H,38,39)(H,40,41)(H,25,30,37)/t8?,9?,10-,12?,13?,14-,15?,16?,17-,18?,19?,20-,21?,22?/m1/s1. The lowest BCUT2D eigenvalue weighted by Gasteiger charge is -2.47. The summed E-state index contributed by atoms with van der Waals surface area (Å²) in [5.74, 6) is -0.908. The van der Waals surface area contributed by atoms with Crippen LogP contribution in [0.1, 0.15) is 13.2 Å². The zero-order valence-electron chi connectivity index (χ0n) is 25.6. The van der Waals surface area contributed by atoms with Crippen LogP contribution >= 0.6 is 15.6 Å². The van der Waals surface area contributed by atoms with Crippen molar-refractivity contribution < 1.29 is 96.9 Å². The Hall–Kier alpha value is -2.07. The summed E-state index contributed by atoms with van der Waals surface area (Å²) in [6.45, 7) is -2.09. The first-order valence-electron chi connectivity index (χ1n) is 14.5. The van der Waals surface area contributed by atoms with Gasteiger partial charge in [-0.05, 0) is 0 Å². The summed E-state index contributed by atoms with van der Waals surface area (Å²) >= 11 is 0. The summed E-state index contributed by atoms with van der Waals surface area (Å²) in [5.41, 5.74) is -1.82. The van der Waals surface area contributed by atoms with E-state index in [9.17, 15) is 74.2 Å². The molecule has 3 aliphatic heterocycles. The molecule has 27 heteroatoms. The number of hydrogen-bond acceptors (Lipinski definition) is 20. The Morgan fingerprint density at radius 3 is 2.06 bits per heavy atom. The molecule has 3 saturated heterocycles. The van der Waals surface area contributed by atoms with Crippen LogP contribution in [-0.4, -0.2) is 166 Å². The second-order valence-electron chi connectivity index (χ2n) is 11.2. The Morgan fingerprint density at radius 1 is 0.860 bits per heavy atom. The first kappa shape index (κ1) is 40.7. The Morgan fingerprint density at radius 2 is 1.46 bits per heavy atom. The quantitative estimate of drug-likeness (QED) is 0.0829. The number of carbonyl (C=O) groups excluding carboxylic acids is 1. The molecule has 0 bridgehead atoms. The van der Waals surface area contributed by atoms with Crippen molar-refractivity contribution in [2.45, 2.75) is 92.8 Å². The second kappa shape index (κ2) is 16.3. The molecule has 0 spiro atoms. The molecule has 3 aliphatic rings. The van der Waals surface area contributed by atoms with E-state index in [1.165, 1.54) is 0 Å². The summed E-state index contributed by atoms with van der Waals surface area (Å²) in [6.07, 6.45) is -23.1. The van der Waals surface area contributed by atoms with Gasteiger partial charge in [0, 0.05) is 19.2 Å². The Kier molecular flexibility index (Phi) is 13.3. The number of aromatic amines is 1. The molecule has 1 aromatic rings. The molecule has 50 heavy (non-hydrogen) atoms. The summed E-state index contributed by atoms with van der Waals surface area (Å²) in [5, 5.41) is 83.4. The predicted molar refractivity (Wildman–Crippen MR) is 153 cm³/mol. The van der Waals surface area contributed by atoms with Crippen molar-refractivity contribution in [2.24, 2.45) is 0 Å². The van der Waals surface area contributed by atoms with Gasteiger partial charge in [0.25, 0.3) is 5.56 Å². The number of rotatable bonds is 13. The molecule has 1 amide bonds. The van der Waals surface area contributed by atoms with Crippen LogP contribution in [0, 0.1) is 0 Å². The van der Waals surface area contributed by atoms with Crippen molar-refractivity contribution in [3.05, 3.63) is 33.1 Å². The summed E-state index contributed by atoms with van der Waals surface area (Å²) < 4.78 is 61.4. The normalized spacial score (nSPS) is 40.1. The van der Waals surface area contributed by atoms with E-state index in [4.69, 9.17) is 23.5 Å². The predicted octanol–water partition coefficient (Wildman–Crippen LogP) is -6.83. The highest BCUT2D eigenvalue weighted by atomic mass is 31.3. The van der Waals surface area contributed by atoms with Gasteiger partial charge >= 0.3 is 21.3 Å². The summed E-state index contributed by atoms with van der Waals surface area (Å²) in [4.78, 5) is 57.9. The lowest BCUT2D eigenvalue weighted by molar-refractivity contribution is -0.340. The van der Waals surface area contributed by atoms with E-state index in [2.05, 4.69) is 14.2 Å². The number of phosphoric ester groups is 2. The fourth-order valence-electron chi connectivity index (χ4n) is 5.24. The number of H-pyrrole nitrogens is 1. The Labute approximate surface area is 279 Å². The number of aromatic nitrogens is 2. The Balaban J connectivity index is 1.47. The average Bonchev–Trinajstić information content (AvgIpc) is 3.30. The van der Waals surface area contributed by atoms with Gasteiger partial charge < -0.3 is 74.9 Å². The van der Waals surface area contributed by atoms with Crippen LogP contribution in [0.2, 0.25) is 0 Å². The third-order valence-corrected chi connectivity index (χ3v) is 10.3. The van der Waals surface area contributed by atoms with E-state index in [0.29, 0.717) is 4.57 Å². The number of nitrogens with one attached hydrogen (secondary N) is 2. The second-order valence-corrected chi connectivity index (χ2v) is 14.2. The van der Waals surface area contributed by atoms with Crippen LogP contribution in [0.25, 0.3) is 0 Å². The monoisotopic (exact) mass is 769 g/mol. The number of amides is 1. The van der Waals surface area contributed by atoms with Crippen LogP contribution in [0.15, 0.2) is 21.9 Å². The van der Waals surface area contributed by atoms with E-state index in [1.807, 2.05) is 4.98 Å². The highest BCUT2D eigenvalue weighted by Crippen LogP contribution is 2.61. The van der Waals surface area contributed by atoms with Crippen LogP contribution in [0.3, 0.4) is 0 Å². The van der Waals surface area contributed by atoms with Gasteiger partial charge in [0.1, 0.15) is 67.1 Å². The smallest absolute Gasteiger partial charge is 0.394 e. The number of phosphoric acid groups is 2. The van der Waals surface area contributed by atoms with Gasteiger partial charge in [-0.1, -0.05) is 0 Å². The number of aliphatic hydroxyl groups is 8. The topological polar surface area (TPSA) is 385 Å². The van der Waals surface area contributed by atoms with Crippen molar-refractivity contribution >= 4 is 21.6 Å². The molecule has 0 radical (unpaired) electrons. The van der Waals surface area contributed by atoms with E-state index >= 15 is 0 Å². The summed E-state index contributed by atoms with van der Waals surface area (Å²) in [7, 11) is -11.5. The van der Waals surface area contributed by atoms with Crippen LogP contribution in [0.5, 0.6) is 0 Å². The van der Waals surface area contributed by atoms with Gasteiger partial charge in [0.2, 0.25) is 5.91 Å². The number of hydrogen-bond donors (Lipinski definition) is 12. The van der Waals surface area contributed by atoms with Crippen molar-refractivity contribution in [1.82, 2.24) is 14.9 Å².